The summed E-state index contributed by atoms with van der Waals surface area (Å²) in [4.78, 5) is 0. The number of rotatable bonds is 10. The summed E-state index contributed by atoms with van der Waals surface area (Å²) in [7, 11) is 1.28. The van der Waals surface area contributed by atoms with E-state index in [0.717, 1.165) is 19.3 Å². The molecule has 0 heterocycles. The van der Waals surface area contributed by atoms with Crippen LogP contribution < -0.4 is 4.74 Å². The van der Waals surface area contributed by atoms with E-state index in [2.05, 4.69) is 6.92 Å². The first-order valence-corrected chi connectivity index (χ1v) is 13.1. The normalized spacial score (nSPS) is 17.7. The predicted octanol–water partition coefficient (Wildman–Crippen LogP) is 8.89. The molecule has 0 saturated heterocycles. The maximum Gasteiger partial charge on any atom is 0.200 e. The van der Waals surface area contributed by atoms with Crippen molar-refractivity contribution in [2.24, 2.45) is 0 Å². The Morgan fingerprint density at radius 1 is 0.757 bits per heavy atom. The Morgan fingerprint density at radius 2 is 1.49 bits per heavy atom. The molecule has 1 saturated carbocycles. The Bertz CT molecular complexity index is 1180. The Balaban J connectivity index is 1.35. The average Bonchev–Trinajstić information content (AvgIpc) is 2.92. The Hall–Kier alpha value is -2.86. The van der Waals surface area contributed by atoms with Gasteiger partial charge in [0, 0.05) is 11.1 Å². The number of unbranched alkanes of at least 4 members (excludes halogenated alkanes) is 2. The predicted molar refractivity (Wildman–Crippen MR) is 138 cm³/mol. The van der Waals surface area contributed by atoms with Crippen molar-refractivity contribution >= 4 is 0 Å². The molecule has 0 N–H and O–H groups in total. The van der Waals surface area contributed by atoms with E-state index in [4.69, 9.17) is 9.47 Å². The second-order valence-electron chi connectivity index (χ2n) is 9.82. The minimum absolute atomic E-state index is 0.0584. The van der Waals surface area contributed by atoms with Gasteiger partial charge in [0.25, 0.3) is 0 Å². The fourth-order valence-electron chi connectivity index (χ4n) is 5.12. The molecule has 1 aliphatic rings. The summed E-state index contributed by atoms with van der Waals surface area (Å²) in [6, 6.07) is 13.9. The summed E-state index contributed by atoms with van der Waals surface area (Å²) in [6.07, 6.45) is 6.83. The van der Waals surface area contributed by atoms with Crippen molar-refractivity contribution in [3.05, 3.63) is 88.5 Å². The van der Waals surface area contributed by atoms with Crippen LogP contribution in [0.5, 0.6) is 5.75 Å². The van der Waals surface area contributed by atoms with E-state index < -0.39 is 23.3 Å². The van der Waals surface area contributed by atoms with Gasteiger partial charge < -0.3 is 9.47 Å². The van der Waals surface area contributed by atoms with Crippen molar-refractivity contribution in [1.82, 2.24) is 0 Å². The Morgan fingerprint density at radius 3 is 2.16 bits per heavy atom. The highest BCUT2D eigenvalue weighted by Crippen LogP contribution is 2.38. The van der Waals surface area contributed by atoms with Crippen molar-refractivity contribution in [1.29, 1.82) is 0 Å². The molecule has 0 aromatic heterocycles. The zero-order chi connectivity index (χ0) is 26.4. The Labute approximate surface area is 216 Å². The van der Waals surface area contributed by atoms with Gasteiger partial charge >= 0.3 is 0 Å². The molecule has 3 aromatic carbocycles. The molecular weight excluding hydrogens is 480 g/mol. The molecule has 0 atom stereocenters. The zero-order valence-corrected chi connectivity index (χ0v) is 21.5. The lowest BCUT2D eigenvalue weighted by molar-refractivity contribution is 0.0116. The number of ether oxygens (including phenoxy) is 2. The number of halogens is 4. The van der Waals surface area contributed by atoms with Crippen LogP contribution in [0.2, 0.25) is 0 Å². The fourth-order valence-corrected chi connectivity index (χ4v) is 5.12. The zero-order valence-electron chi connectivity index (χ0n) is 21.5. The summed E-state index contributed by atoms with van der Waals surface area (Å²) in [5.74, 6) is -3.87. The number of benzene rings is 3. The largest absolute Gasteiger partial charge is 0.494 e. The number of hydrogen-bond acceptors (Lipinski definition) is 2. The smallest absolute Gasteiger partial charge is 0.200 e. The van der Waals surface area contributed by atoms with Crippen LogP contribution in [0.1, 0.15) is 74.5 Å². The standard InChI is InChI=1S/C31H34F4O2/c1-3-4-5-6-20-7-9-21(10-8-20)25-16-17-26(30(34)29(25)33)22-11-14-24(15-12-22)37-19-23-13-18-27(36-2)31(35)28(23)32/h7-10,13,16-18,22,24H,3-6,11-12,14-15,19H2,1-2H3. The van der Waals surface area contributed by atoms with E-state index in [9.17, 15) is 8.78 Å². The van der Waals surface area contributed by atoms with Gasteiger partial charge in [-0.25, -0.2) is 13.2 Å². The van der Waals surface area contributed by atoms with Gasteiger partial charge in [-0.2, -0.15) is 4.39 Å². The molecule has 198 valence electrons. The molecule has 0 spiro atoms. The molecule has 4 rings (SSSR count). The molecule has 1 aliphatic carbocycles. The third-order valence-corrected chi connectivity index (χ3v) is 7.38. The second-order valence-corrected chi connectivity index (χ2v) is 9.82. The topological polar surface area (TPSA) is 18.5 Å². The molecule has 1 fully saturated rings. The number of aryl methyl sites for hydroxylation is 1. The van der Waals surface area contributed by atoms with E-state index in [-0.39, 0.29) is 35.5 Å². The Kier molecular flexibility index (Phi) is 9.25. The first-order chi connectivity index (χ1) is 17.9. The maximum absolute atomic E-state index is 15.1. The fraction of sp³-hybridized carbons (Fsp3) is 0.419. The van der Waals surface area contributed by atoms with E-state index in [1.807, 2.05) is 24.3 Å². The van der Waals surface area contributed by atoms with Crippen molar-refractivity contribution in [3.8, 4) is 16.9 Å². The molecule has 6 heteroatoms. The average molecular weight is 515 g/mol. The summed E-state index contributed by atoms with van der Waals surface area (Å²) >= 11 is 0. The molecule has 0 aliphatic heterocycles. The van der Waals surface area contributed by atoms with Crippen LogP contribution in [0.15, 0.2) is 48.5 Å². The molecule has 0 amide bonds. The van der Waals surface area contributed by atoms with E-state index >= 15 is 8.78 Å². The van der Waals surface area contributed by atoms with Gasteiger partial charge in [-0.1, -0.05) is 56.2 Å². The number of methoxy groups -OCH3 is 1. The second kappa shape index (κ2) is 12.6. The van der Waals surface area contributed by atoms with Gasteiger partial charge in [-0.05, 0) is 73.3 Å². The van der Waals surface area contributed by atoms with Crippen LogP contribution in [0.25, 0.3) is 11.1 Å². The summed E-state index contributed by atoms with van der Waals surface area (Å²) < 4.78 is 68.9. The highest BCUT2D eigenvalue weighted by Gasteiger charge is 2.27. The quantitative estimate of drug-likeness (QED) is 0.199. The highest BCUT2D eigenvalue weighted by molar-refractivity contribution is 5.65. The molecule has 2 nitrogen and oxygen atoms in total. The van der Waals surface area contributed by atoms with Gasteiger partial charge in [0.15, 0.2) is 23.2 Å². The van der Waals surface area contributed by atoms with Crippen LogP contribution in [-0.2, 0) is 17.8 Å². The van der Waals surface area contributed by atoms with Gasteiger partial charge in [0.05, 0.1) is 19.8 Å². The molecule has 3 aromatic rings. The molecule has 37 heavy (non-hydrogen) atoms. The van der Waals surface area contributed by atoms with Crippen LogP contribution in [-0.4, -0.2) is 13.2 Å². The van der Waals surface area contributed by atoms with E-state index in [1.165, 1.54) is 31.2 Å². The lowest BCUT2D eigenvalue weighted by atomic mass is 9.82. The van der Waals surface area contributed by atoms with Crippen molar-refractivity contribution < 1.29 is 27.0 Å². The van der Waals surface area contributed by atoms with Gasteiger partial charge in [-0.15, -0.1) is 0 Å². The monoisotopic (exact) mass is 514 g/mol. The van der Waals surface area contributed by atoms with Crippen LogP contribution in [0.4, 0.5) is 17.6 Å². The number of hydrogen-bond donors (Lipinski definition) is 0. The van der Waals surface area contributed by atoms with Crippen molar-refractivity contribution in [2.45, 2.75) is 76.9 Å². The third kappa shape index (κ3) is 6.35. The van der Waals surface area contributed by atoms with Crippen LogP contribution in [0, 0.1) is 23.3 Å². The van der Waals surface area contributed by atoms with E-state index in [1.54, 1.807) is 12.1 Å². The summed E-state index contributed by atoms with van der Waals surface area (Å²) in [6.45, 7) is 2.11. The molecule has 0 radical (unpaired) electrons. The first-order valence-electron chi connectivity index (χ1n) is 13.1. The summed E-state index contributed by atoms with van der Waals surface area (Å²) in [5, 5.41) is 0. The molecule has 0 bridgehead atoms. The summed E-state index contributed by atoms with van der Waals surface area (Å²) in [5.41, 5.74) is 2.65. The molecular formula is C31H34F4O2. The molecule has 0 unspecified atom stereocenters. The lowest BCUT2D eigenvalue weighted by Gasteiger charge is -2.29. The van der Waals surface area contributed by atoms with Gasteiger partial charge in [0.2, 0.25) is 5.82 Å². The lowest BCUT2D eigenvalue weighted by Crippen LogP contribution is -2.21. The minimum atomic E-state index is -1.03. The maximum atomic E-state index is 15.1. The first kappa shape index (κ1) is 27.2. The van der Waals surface area contributed by atoms with Gasteiger partial charge in [-0.3, -0.25) is 0 Å². The van der Waals surface area contributed by atoms with Crippen LogP contribution in [0.3, 0.4) is 0 Å². The van der Waals surface area contributed by atoms with Crippen molar-refractivity contribution in [2.75, 3.05) is 7.11 Å². The van der Waals surface area contributed by atoms with Crippen LogP contribution >= 0.6 is 0 Å². The minimum Gasteiger partial charge on any atom is -0.494 e. The SMILES string of the molecule is CCCCCc1ccc(-c2ccc(C3CCC(OCc4ccc(OC)c(F)c4F)CC3)c(F)c2F)cc1. The van der Waals surface area contributed by atoms with Crippen molar-refractivity contribution in [3.63, 3.8) is 0 Å². The highest BCUT2D eigenvalue weighted by atomic mass is 19.2. The van der Waals surface area contributed by atoms with E-state index in [0.29, 0.717) is 36.8 Å². The van der Waals surface area contributed by atoms with Gasteiger partial charge in [0.1, 0.15) is 0 Å². The third-order valence-electron chi connectivity index (χ3n) is 7.38.